The smallest absolute Gasteiger partial charge is 0.272 e. The summed E-state index contributed by atoms with van der Waals surface area (Å²) in [5.41, 5.74) is 2.59. The highest BCUT2D eigenvalue weighted by molar-refractivity contribution is 5.94. The van der Waals surface area contributed by atoms with Crippen molar-refractivity contribution < 1.29 is 9.59 Å². The molecule has 1 atom stereocenters. The SMILES string of the molecule is Cc1nc(C2CCCN(C(=O)c3ccccn3)C2)ncc1C(=O)NCc1ccccc1. The van der Waals surface area contributed by atoms with Crippen LogP contribution < -0.4 is 5.32 Å². The van der Waals surface area contributed by atoms with Crippen molar-refractivity contribution in [1.82, 2.24) is 25.2 Å². The first kappa shape index (κ1) is 20.7. The molecule has 1 aliphatic rings. The molecule has 1 unspecified atom stereocenters. The molecule has 0 spiro atoms. The predicted octanol–water partition coefficient (Wildman–Crippen LogP) is 3.13. The summed E-state index contributed by atoms with van der Waals surface area (Å²) >= 11 is 0. The van der Waals surface area contributed by atoms with Crippen molar-refractivity contribution in [3.63, 3.8) is 0 Å². The van der Waals surface area contributed by atoms with Crippen molar-refractivity contribution in [3.05, 3.63) is 89.3 Å². The second-order valence-electron chi connectivity index (χ2n) is 7.70. The highest BCUT2D eigenvalue weighted by Crippen LogP contribution is 2.25. The number of amides is 2. The summed E-state index contributed by atoms with van der Waals surface area (Å²) in [5, 5.41) is 2.92. The molecular formula is C24H25N5O2. The van der Waals surface area contributed by atoms with Gasteiger partial charge in [-0.3, -0.25) is 14.6 Å². The summed E-state index contributed by atoms with van der Waals surface area (Å²) in [7, 11) is 0. The van der Waals surface area contributed by atoms with Gasteiger partial charge in [-0.15, -0.1) is 0 Å². The molecule has 0 bridgehead atoms. The van der Waals surface area contributed by atoms with Gasteiger partial charge in [0.2, 0.25) is 0 Å². The zero-order chi connectivity index (χ0) is 21.6. The zero-order valence-electron chi connectivity index (χ0n) is 17.5. The Morgan fingerprint density at radius 1 is 1.10 bits per heavy atom. The predicted molar refractivity (Wildman–Crippen MR) is 116 cm³/mol. The van der Waals surface area contributed by atoms with Gasteiger partial charge in [-0.2, -0.15) is 0 Å². The van der Waals surface area contributed by atoms with Crippen LogP contribution in [0.2, 0.25) is 0 Å². The first-order valence-corrected chi connectivity index (χ1v) is 10.5. The van der Waals surface area contributed by atoms with E-state index in [1.807, 2.05) is 48.2 Å². The molecule has 1 saturated heterocycles. The fraction of sp³-hybridized carbons (Fsp3) is 0.292. The van der Waals surface area contributed by atoms with Crippen LogP contribution in [0.25, 0.3) is 0 Å². The normalized spacial score (nSPS) is 16.0. The summed E-state index contributed by atoms with van der Waals surface area (Å²) in [6.45, 7) is 3.52. The van der Waals surface area contributed by atoms with Crippen molar-refractivity contribution in [2.24, 2.45) is 0 Å². The molecule has 31 heavy (non-hydrogen) atoms. The third-order valence-corrected chi connectivity index (χ3v) is 5.50. The van der Waals surface area contributed by atoms with Gasteiger partial charge in [0.15, 0.2) is 0 Å². The van der Waals surface area contributed by atoms with E-state index >= 15 is 0 Å². The lowest BCUT2D eigenvalue weighted by Crippen LogP contribution is -2.40. The van der Waals surface area contributed by atoms with Crippen LogP contribution >= 0.6 is 0 Å². The Morgan fingerprint density at radius 2 is 1.90 bits per heavy atom. The van der Waals surface area contributed by atoms with E-state index in [1.165, 1.54) is 0 Å². The number of nitrogens with one attached hydrogen (secondary N) is 1. The van der Waals surface area contributed by atoms with Gasteiger partial charge >= 0.3 is 0 Å². The Balaban J connectivity index is 1.42. The first-order chi connectivity index (χ1) is 15.1. The molecule has 1 aliphatic heterocycles. The Labute approximate surface area is 181 Å². The first-order valence-electron chi connectivity index (χ1n) is 10.5. The van der Waals surface area contributed by atoms with E-state index in [1.54, 1.807) is 24.5 Å². The van der Waals surface area contributed by atoms with Crippen molar-refractivity contribution in [2.75, 3.05) is 13.1 Å². The number of carbonyl (C=O) groups excluding carboxylic acids is 2. The lowest BCUT2D eigenvalue weighted by molar-refractivity contribution is 0.0698. The molecule has 3 aromatic rings. The van der Waals surface area contributed by atoms with Gasteiger partial charge in [-0.1, -0.05) is 36.4 Å². The minimum Gasteiger partial charge on any atom is -0.348 e. The molecule has 0 radical (unpaired) electrons. The van der Waals surface area contributed by atoms with Crippen LogP contribution in [0.1, 0.15) is 56.7 Å². The highest BCUT2D eigenvalue weighted by atomic mass is 16.2. The molecule has 0 saturated carbocycles. The Hall–Kier alpha value is -3.61. The van der Waals surface area contributed by atoms with E-state index in [0.29, 0.717) is 42.4 Å². The fourth-order valence-electron chi connectivity index (χ4n) is 3.80. The topological polar surface area (TPSA) is 88.1 Å². The molecule has 7 heteroatoms. The van der Waals surface area contributed by atoms with Crippen LogP contribution in [0.15, 0.2) is 60.9 Å². The molecular weight excluding hydrogens is 390 g/mol. The van der Waals surface area contributed by atoms with Crippen LogP contribution in [-0.4, -0.2) is 44.8 Å². The number of hydrogen-bond acceptors (Lipinski definition) is 5. The van der Waals surface area contributed by atoms with Crippen LogP contribution in [0, 0.1) is 6.92 Å². The molecule has 7 nitrogen and oxygen atoms in total. The van der Waals surface area contributed by atoms with E-state index in [0.717, 1.165) is 18.4 Å². The van der Waals surface area contributed by atoms with Crippen molar-refractivity contribution >= 4 is 11.8 Å². The molecule has 4 rings (SSSR count). The number of piperidine rings is 1. The number of rotatable bonds is 5. The molecule has 0 aliphatic carbocycles. The molecule has 3 heterocycles. The Morgan fingerprint density at radius 3 is 2.65 bits per heavy atom. The van der Waals surface area contributed by atoms with Crippen LogP contribution in [0.3, 0.4) is 0 Å². The number of benzene rings is 1. The molecule has 2 aromatic heterocycles. The quantitative estimate of drug-likeness (QED) is 0.692. The minimum atomic E-state index is -0.191. The molecule has 158 valence electrons. The van der Waals surface area contributed by atoms with E-state index in [9.17, 15) is 9.59 Å². The van der Waals surface area contributed by atoms with E-state index in [-0.39, 0.29) is 17.7 Å². The number of aromatic nitrogens is 3. The monoisotopic (exact) mass is 415 g/mol. The van der Waals surface area contributed by atoms with E-state index < -0.39 is 0 Å². The average molecular weight is 415 g/mol. The molecule has 2 amide bonds. The minimum absolute atomic E-state index is 0.0431. The van der Waals surface area contributed by atoms with Crippen LogP contribution in [0.5, 0.6) is 0 Å². The summed E-state index contributed by atoms with van der Waals surface area (Å²) in [5.74, 6) is 0.458. The average Bonchev–Trinajstić information content (AvgIpc) is 2.83. The van der Waals surface area contributed by atoms with Crippen molar-refractivity contribution in [2.45, 2.75) is 32.2 Å². The number of nitrogens with zero attached hydrogens (tertiary/aromatic N) is 4. The number of aryl methyl sites for hydroxylation is 1. The van der Waals surface area contributed by atoms with Gasteiger partial charge in [0.05, 0.1) is 11.3 Å². The summed E-state index contributed by atoms with van der Waals surface area (Å²) in [6.07, 6.45) is 5.01. The second kappa shape index (κ2) is 9.47. The van der Waals surface area contributed by atoms with Crippen molar-refractivity contribution in [3.8, 4) is 0 Å². The third kappa shape index (κ3) is 4.94. The van der Waals surface area contributed by atoms with Crippen molar-refractivity contribution in [1.29, 1.82) is 0 Å². The Bertz CT molecular complexity index is 1060. The highest BCUT2D eigenvalue weighted by Gasteiger charge is 2.28. The van der Waals surface area contributed by atoms with Gasteiger partial charge in [-0.05, 0) is 37.5 Å². The van der Waals surface area contributed by atoms with E-state index in [2.05, 4.69) is 20.3 Å². The lowest BCUT2D eigenvalue weighted by atomic mass is 9.96. The van der Waals surface area contributed by atoms with Gasteiger partial charge < -0.3 is 10.2 Å². The van der Waals surface area contributed by atoms with Gasteiger partial charge in [0.25, 0.3) is 11.8 Å². The van der Waals surface area contributed by atoms with Crippen LogP contribution in [-0.2, 0) is 6.54 Å². The largest absolute Gasteiger partial charge is 0.348 e. The molecule has 1 fully saturated rings. The number of pyridine rings is 1. The van der Waals surface area contributed by atoms with E-state index in [4.69, 9.17) is 0 Å². The molecule has 1 aromatic carbocycles. The lowest BCUT2D eigenvalue weighted by Gasteiger charge is -2.32. The number of hydrogen-bond donors (Lipinski definition) is 1. The summed E-state index contributed by atoms with van der Waals surface area (Å²) in [6, 6.07) is 15.1. The summed E-state index contributed by atoms with van der Waals surface area (Å²) < 4.78 is 0. The maximum absolute atomic E-state index is 12.7. The maximum atomic E-state index is 12.7. The fourth-order valence-corrected chi connectivity index (χ4v) is 3.80. The standard InChI is InChI=1S/C24H25N5O2/c1-17-20(23(30)27-14-18-8-3-2-4-9-18)15-26-22(28-17)19-10-7-13-29(16-19)24(31)21-11-5-6-12-25-21/h2-6,8-9,11-12,15,19H,7,10,13-14,16H2,1H3,(H,27,30). The third-order valence-electron chi connectivity index (χ3n) is 5.50. The van der Waals surface area contributed by atoms with Crippen LogP contribution in [0.4, 0.5) is 0 Å². The van der Waals surface area contributed by atoms with Gasteiger partial charge in [0, 0.05) is 37.9 Å². The van der Waals surface area contributed by atoms with Gasteiger partial charge in [-0.25, -0.2) is 9.97 Å². The summed E-state index contributed by atoms with van der Waals surface area (Å²) in [4.78, 5) is 40.4. The van der Waals surface area contributed by atoms with Gasteiger partial charge in [0.1, 0.15) is 11.5 Å². The maximum Gasteiger partial charge on any atom is 0.272 e. The number of carbonyl (C=O) groups is 2. The number of likely N-dealkylation sites (tertiary alicyclic amines) is 1. The second-order valence-corrected chi connectivity index (χ2v) is 7.70. The zero-order valence-corrected chi connectivity index (χ0v) is 17.5. The molecule has 1 N–H and O–H groups in total. The Kier molecular flexibility index (Phi) is 6.31.